The van der Waals surface area contributed by atoms with E-state index >= 15 is 0 Å². The van der Waals surface area contributed by atoms with Gasteiger partial charge in [-0.1, -0.05) is 23.7 Å². The average Bonchev–Trinajstić information content (AvgIpc) is 2.33. The van der Waals surface area contributed by atoms with E-state index in [1.807, 2.05) is 32.0 Å². The number of carbonyl (C=O) groups is 1. The number of halogens is 1. The molecule has 0 aromatic heterocycles. The van der Waals surface area contributed by atoms with Crippen molar-refractivity contribution in [3.63, 3.8) is 0 Å². The summed E-state index contributed by atoms with van der Waals surface area (Å²) < 4.78 is 0. The molecule has 98 valence electrons. The van der Waals surface area contributed by atoms with Crippen LogP contribution in [0.2, 0.25) is 5.02 Å². The van der Waals surface area contributed by atoms with Crippen LogP contribution in [0, 0.1) is 13.8 Å². The van der Waals surface area contributed by atoms with Gasteiger partial charge in [-0.25, -0.2) is 0 Å². The summed E-state index contributed by atoms with van der Waals surface area (Å²) in [6.07, 6.45) is 0. The van der Waals surface area contributed by atoms with Gasteiger partial charge in [0.1, 0.15) is 0 Å². The normalized spacial score (nSPS) is 10.3. The van der Waals surface area contributed by atoms with Crippen molar-refractivity contribution < 1.29 is 4.79 Å². The summed E-state index contributed by atoms with van der Waals surface area (Å²) >= 11 is 5.89. The predicted octanol–water partition coefficient (Wildman–Crippen LogP) is 3.79. The highest BCUT2D eigenvalue weighted by molar-refractivity contribution is 6.31. The number of hydrogen-bond acceptors (Lipinski definition) is 2. The maximum absolute atomic E-state index is 12.2. The molecule has 0 spiro atoms. The first-order valence-corrected chi connectivity index (χ1v) is 6.29. The topological polar surface area (TPSA) is 55.1 Å². The number of nitrogen functional groups attached to an aromatic ring is 1. The molecule has 0 saturated carbocycles. The fourth-order valence-corrected chi connectivity index (χ4v) is 2.07. The van der Waals surface area contributed by atoms with Crippen molar-refractivity contribution in [2.45, 2.75) is 13.8 Å². The summed E-state index contributed by atoms with van der Waals surface area (Å²) in [4.78, 5) is 12.2. The number of hydrogen-bond donors (Lipinski definition) is 2. The van der Waals surface area contributed by atoms with Crippen LogP contribution in [0.3, 0.4) is 0 Å². The lowest BCUT2D eigenvalue weighted by molar-refractivity contribution is 0.102. The minimum atomic E-state index is -0.220. The zero-order valence-electron chi connectivity index (χ0n) is 10.8. The molecule has 4 heteroatoms. The first kappa shape index (κ1) is 13.4. The van der Waals surface area contributed by atoms with Crippen molar-refractivity contribution in [2.75, 3.05) is 11.1 Å². The number of nitrogens with one attached hydrogen (secondary N) is 1. The highest BCUT2D eigenvalue weighted by Gasteiger charge is 2.09. The number of nitrogens with two attached hydrogens (primary N) is 1. The van der Waals surface area contributed by atoms with Crippen molar-refractivity contribution in [3.05, 3.63) is 58.1 Å². The molecule has 0 saturated heterocycles. The monoisotopic (exact) mass is 274 g/mol. The lowest BCUT2D eigenvalue weighted by atomic mass is 10.1. The van der Waals surface area contributed by atoms with Crippen molar-refractivity contribution in [1.29, 1.82) is 0 Å². The van der Waals surface area contributed by atoms with E-state index in [1.165, 1.54) is 0 Å². The lowest BCUT2D eigenvalue weighted by Gasteiger charge is -2.11. The van der Waals surface area contributed by atoms with Gasteiger partial charge in [0.05, 0.1) is 0 Å². The van der Waals surface area contributed by atoms with Gasteiger partial charge < -0.3 is 11.1 Å². The largest absolute Gasteiger partial charge is 0.399 e. The van der Waals surface area contributed by atoms with Gasteiger partial charge >= 0.3 is 0 Å². The maximum Gasteiger partial charge on any atom is 0.255 e. The van der Waals surface area contributed by atoms with Gasteiger partial charge in [0, 0.05) is 22.0 Å². The number of aryl methyl sites for hydroxylation is 1. The summed E-state index contributed by atoms with van der Waals surface area (Å²) in [6, 6.07) is 10.6. The van der Waals surface area contributed by atoms with Gasteiger partial charge in [0.15, 0.2) is 0 Å². The van der Waals surface area contributed by atoms with Gasteiger partial charge in [-0.2, -0.15) is 0 Å². The Morgan fingerprint density at radius 2 is 1.95 bits per heavy atom. The van der Waals surface area contributed by atoms with E-state index in [4.69, 9.17) is 17.3 Å². The lowest BCUT2D eigenvalue weighted by Crippen LogP contribution is -2.13. The summed E-state index contributed by atoms with van der Waals surface area (Å²) in [5.41, 5.74) is 9.57. The van der Waals surface area contributed by atoms with Crippen LogP contribution in [0.15, 0.2) is 36.4 Å². The van der Waals surface area contributed by atoms with Gasteiger partial charge in [-0.15, -0.1) is 0 Å². The maximum atomic E-state index is 12.2. The van der Waals surface area contributed by atoms with E-state index in [0.29, 0.717) is 16.3 Å². The van der Waals surface area contributed by atoms with E-state index in [2.05, 4.69) is 5.32 Å². The Morgan fingerprint density at radius 1 is 1.21 bits per heavy atom. The highest BCUT2D eigenvalue weighted by Crippen LogP contribution is 2.21. The van der Waals surface area contributed by atoms with Gasteiger partial charge in [-0.3, -0.25) is 4.79 Å². The molecule has 0 radical (unpaired) electrons. The smallest absolute Gasteiger partial charge is 0.255 e. The van der Waals surface area contributed by atoms with Crippen LogP contribution in [0.4, 0.5) is 11.4 Å². The van der Waals surface area contributed by atoms with Gasteiger partial charge in [0.2, 0.25) is 0 Å². The van der Waals surface area contributed by atoms with Crippen molar-refractivity contribution in [3.8, 4) is 0 Å². The Labute approximate surface area is 117 Å². The Bertz CT molecular complexity index is 618. The SMILES string of the molecule is Cc1cccc(NC(=O)c2cc(N)cc(Cl)c2)c1C. The average molecular weight is 275 g/mol. The zero-order valence-corrected chi connectivity index (χ0v) is 11.6. The third-order valence-corrected chi connectivity index (χ3v) is 3.25. The van der Waals surface area contributed by atoms with Crippen molar-refractivity contribution in [2.24, 2.45) is 0 Å². The third kappa shape index (κ3) is 3.06. The Morgan fingerprint density at radius 3 is 2.63 bits per heavy atom. The molecule has 3 N–H and O–H groups in total. The minimum absolute atomic E-state index is 0.220. The first-order chi connectivity index (χ1) is 8.97. The molecule has 0 atom stereocenters. The molecule has 0 aliphatic rings. The van der Waals surface area contributed by atoms with Crippen LogP contribution in [-0.2, 0) is 0 Å². The molecule has 0 aliphatic heterocycles. The molecule has 19 heavy (non-hydrogen) atoms. The zero-order chi connectivity index (χ0) is 14.0. The van der Waals surface area contributed by atoms with Crippen LogP contribution in [0.25, 0.3) is 0 Å². The molecular formula is C15H15ClN2O. The fourth-order valence-electron chi connectivity index (χ4n) is 1.82. The van der Waals surface area contributed by atoms with Crippen LogP contribution in [-0.4, -0.2) is 5.91 Å². The quantitative estimate of drug-likeness (QED) is 0.819. The molecule has 2 rings (SSSR count). The first-order valence-electron chi connectivity index (χ1n) is 5.91. The van der Waals surface area contributed by atoms with E-state index in [0.717, 1.165) is 16.8 Å². The molecular weight excluding hydrogens is 260 g/mol. The number of carbonyl (C=O) groups excluding carboxylic acids is 1. The number of amides is 1. The number of anilines is 2. The molecule has 0 unspecified atom stereocenters. The fraction of sp³-hybridized carbons (Fsp3) is 0.133. The minimum Gasteiger partial charge on any atom is -0.399 e. The molecule has 1 amide bonds. The van der Waals surface area contributed by atoms with Crippen LogP contribution >= 0.6 is 11.6 Å². The van der Waals surface area contributed by atoms with Crippen LogP contribution in [0.5, 0.6) is 0 Å². The molecule has 0 aliphatic carbocycles. The standard InChI is InChI=1S/C15H15ClN2O/c1-9-4-3-5-14(10(9)2)18-15(19)11-6-12(16)8-13(17)7-11/h3-8H,17H2,1-2H3,(H,18,19). The molecule has 0 heterocycles. The Hall–Kier alpha value is -2.00. The molecule has 0 fully saturated rings. The summed E-state index contributed by atoms with van der Waals surface area (Å²) in [6.45, 7) is 3.97. The van der Waals surface area contributed by atoms with Crippen LogP contribution < -0.4 is 11.1 Å². The third-order valence-electron chi connectivity index (χ3n) is 3.04. The molecule has 0 bridgehead atoms. The second-order valence-electron chi connectivity index (χ2n) is 4.47. The second kappa shape index (κ2) is 5.33. The summed E-state index contributed by atoms with van der Waals surface area (Å²) in [5.74, 6) is -0.220. The van der Waals surface area contributed by atoms with Crippen molar-refractivity contribution >= 4 is 28.9 Å². The predicted molar refractivity (Wildman–Crippen MR) is 79.7 cm³/mol. The second-order valence-corrected chi connectivity index (χ2v) is 4.91. The van der Waals surface area contributed by atoms with E-state index in [1.54, 1.807) is 18.2 Å². The summed E-state index contributed by atoms with van der Waals surface area (Å²) in [7, 11) is 0. The Kier molecular flexibility index (Phi) is 3.76. The summed E-state index contributed by atoms with van der Waals surface area (Å²) in [5, 5.41) is 3.32. The number of rotatable bonds is 2. The van der Waals surface area contributed by atoms with E-state index < -0.39 is 0 Å². The van der Waals surface area contributed by atoms with Crippen molar-refractivity contribution in [1.82, 2.24) is 0 Å². The Balaban J connectivity index is 2.28. The highest BCUT2D eigenvalue weighted by atomic mass is 35.5. The van der Waals surface area contributed by atoms with E-state index in [-0.39, 0.29) is 5.91 Å². The van der Waals surface area contributed by atoms with E-state index in [9.17, 15) is 4.79 Å². The van der Waals surface area contributed by atoms with Crippen LogP contribution in [0.1, 0.15) is 21.5 Å². The molecule has 2 aromatic rings. The van der Waals surface area contributed by atoms with Gasteiger partial charge in [-0.05, 0) is 49.2 Å². The molecule has 2 aromatic carbocycles. The van der Waals surface area contributed by atoms with Gasteiger partial charge in [0.25, 0.3) is 5.91 Å². The number of benzene rings is 2. The molecule has 3 nitrogen and oxygen atoms in total.